The van der Waals surface area contributed by atoms with E-state index in [1.807, 2.05) is 45.0 Å². The molecule has 1 unspecified atom stereocenters. The summed E-state index contributed by atoms with van der Waals surface area (Å²) < 4.78 is 0. The molecule has 4 N–H and O–H groups in total. The van der Waals surface area contributed by atoms with Gasteiger partial charge < -0.3 is 21.4 Å². The molecule has 2 rings (SSSR count). The molecule has 0 bridgehead atoms. The van der Waals surface area contributed by atoms with Gasteiger partial charge in [0.05, 0.1) is 17.8 Å². The second kappa shape index (κ2) is 6.09. The third-order valence-corrected chi connectivity index (χ3v) is 4.62. The van der Waals surface area contributed by atoms with Crippen LogP contribution in [0.2, 0.25) is 0 Å². The van der Waals surface area contributed by atoms with Crippen molar-refractivity contribution in [1.29, 1.82) is 5.41 Å². The van der Waals surface area contributed by atoms with E-state index in [0.717, 1.165) is 16.6 Å². The van der Waals surface area contributed by atoms with Crippen molar-refractivity contribution in [3.05, 3.63) is 35.5 Å². The van der Waals surface area contributed by atoms with Crippen LogP contribution < -0.4 is 16.4 Å². The second-order valence-electron chi connectivity index (χ2n) is 5.89. The number of nitrogens with zero attached hydrogens (tertiary/aromatic N) is 1. The number of likely N-dealkylation sites (tertiary alicyclic amines) is 1. The standard InChI is InChI=1S/C16H23N4OP/c1-4-11(17)10-9-20(16(2,3)14(10)18)15(21)19-12-7-5-6-8-13(12)22/h5-8,18H,4,9,17,22H2,1-3H3,(H,19,21). The van der Waals surface area contributed by atoms with Crippen molar-refractivity contribution in [2.45, 2.75) is 32.7 Å². The first-order valence-electron chi connectivity index (χ1n) is 7.29. The molecule has 0 radical (unpaired) electrons. The van der Waals surface area contributed by atoms with Crippen LogP contribution in [-0.4, -0.2) is 28.7 Å². The number of para-hydroxylation sites is 1. The Morgan fingerprint density at radius 1 is 1.45 bits per heavy atom. The van der Waals surface area contributed by atoms with Gasteiger partial charge in [-0.2, -0.15) is 0 Å². The lowest BCUT2D eigenvalue weighted by atomic mass is 9.96. The van der Waals surface area contributed by atoms with Crippen LogP contribution in [0.25, 0.3) is 0 Å². The van der Waals surface area contributed by atoms with Gasteiger partial charge >= 0.3 is 6.03 Å². The van der Waals surface area contributed by atoms with Gasteiger partial charge in [0.25, 0.3) is 0 Å². The zero-order valence-electron chi connectivity index (χ0n) is 13.2. The monoisotopic (exact) mass is 318 g/mol. The van der Waals surface area contributed by atoms with Gasteiger partial charge in [-0.3, -0.25) is 0 Å². The van der Waals surface area contributed by atoms with E-state index in [1.165, 1.54) is 0 Å². The third kappa shape index (κ3) is 2.86. The van der Waals surface area contributed by atoms with E-state index in [4.69, 9.17) is 11.1 Å². The summed E-state index contributed by atoms with van der Waals surface area (Å²) in [5, 5.41) is 12.2. The Kier molecular flexibility index (Phi) is 4.57. The predicted molar refractivity (Wildman–Crippen MR) is 94.8 cm³/mol. The third-order valence-electron chi connectivity index (χ3n) is 4.12. The molecule has 0 aromatic heterocycles. The molecule has 118 valence electrons. The number of hydrogen-bond donors (Lipinski definition) is 3. The van der Waals surface area contributed by atoms with Crippen LogP contribution in [0.3, 0.4) is 0 Å². The Labute approximate surface area is 133 Å². The molecule has 1 atom stereocenters. The minimum atomic E-state index is -0.672. The molecule has 0 spiro atoms. The maximum absolute atomic E-state index is 12.6. The maximum Gasteiger partial charge on any atom is 0.322 e. The first-order valence-corrected chi connectivity index (χ1v) is 7.86. The highest BCUT2D eigenvalue weighted by molar-refractivity contribution is 7.28. The van der Waals surface area contributed by atoms with Crippen LogP contribution in [0.4, 0.5) is 10.5 Å². The molecule has 0 aliphatic carbocycles. The van der Waals surface area contributed by atoms with Crippen molar-refractivity contribution in [2.24, 2.45) is 5.73 Å². The Bertz CT molecular complexity index is 651. The SMILES string of the molecule is CCC(N)=C1CN(C(=O)Nc2ccccc2P)C(C)(C)C1=N. The summed E-state index contributed by atoms with van der Waals surface area (Å²) in [6.45, 7) is 6.07. The van der Waals surface area contributed by atoms with Crippen molar-refractivity contribution >= 4 is 32.0 Å². The maximum atomic E-state index is 12.6. The van der Waals surface area contributed by atoms with E-state index >= 15 is 0 Å². The fourth-order valence-electron chi connectivity index (χ4n) is 2.53. The summed E-state index contributed by atoms with van der Waals surface area (Å²) >= 11 is 0. The van der Waals surface area contributed by atoms with Crippen LogP contribution in [0, 0.1) is 5.41 Å². The summed E-state index contributed by atoms with van der Waals surface area (Å²) in [5.41, 5.74) is 7.95. The number of urea groups is 1. The quantitative estimate of drug-likeness (QED) is 0.732. The Morgan fingerprint density at radius 2 is 2.09 bits per heavy atom. The average molecular weight is 318 g/mol. The molecular formula is C16H23N4OP. The molecule has 1 aliphatic rings. The molecule has 22 heavy (non-hydrogen) atoms. The van der Waals surface area contributed by atoms with Crippen molar-refractivity contribution in [3.63, 3.8) is 0 Å². The smallest absolute Gasteiger partial charge is 0.322 e. The molecule has 2 amide bonds. The topological polar surface area (TPSA) is 82.2 Å². The number of amides is 2. The molecule has 5 nitrogen and oxygen atoms in total. The van der Waals surface area contributed by atoms with Crippen LogP contribution in [0.1, 0.15) is 27.2 Å². The highest BCUT2D eigenvalue weighted by Gasteiger charge is 2.44. The number of allylic oxidation sites excluding steroid dienone is 1. The number of anilines is 1. The molecule has 0 saturated carbocycles. The Balaban J connectivity index is 2.27. The zero-order chi connectivity index (χ0) is 16.5. The van der Waals surface area contributed by atoms with Crippen molar-refractivity contribution in [2.75, 3.05) is 11.9 Å². The van der Waals surface area contributed by atoms with Gasteiger partial charge in [0.2, 0.25) is 0 Å². The second-order valence-corrected chi connectivity index (χ2v) is 6.52. The van der Waals surface area contributed by atoms with Crippen LogP contribution in [-0.2, 0) is 0 Å². The van der Waals surface area contributed by atoms with Gasteiger partial charge in [0.1, 0.15) is 0 Å². The summed E-state index contributed by atoms with van der Waals surface area (Å²) in [4.78, 5) is 14.3. The fourth-order valence-corrected chi connectivity index (χ4v) is 2.81. The van der Waals surface area contributed by atoms with Gasteiger partial charge in [-0.1, -0.05) is 25.1 Å². The first kappa shape index (κ1) is 16.5. The summed E-state index contributed by atoms with van der Waals surface area (Å²) in [7, 11) is 2.60. The number of nitrogens with one attached hydrogen (secondary N) is 2. The molecule has 1 heterocycles. The van der Waals surface area contributed by atoms with E-state index in [9.17, 15) is 4.79 Å². The van der Waals surface area contributed by atoms with Gasteiger partial charge in [-0.25, -0.2) is 4.79 Å². The predicted octanol–water partition coefficient (Wildman–Crippen LogP) is 2.46. The molecule has 1 fully saturated rings. The van der Waals surface area contributed by atoms with Crippen LogP contribution >= 0.6 is 9.24 Å². The summed E-state index contributed by atoms with van der Waals surface area (Å²) in [6, 6.07) is 7.34. The van der Waals surface area contributed by atoms with Crippen molar-refractivity contribution in [1.82, 2.24) is 4.90 Å². The number of carbonyl (C=O) groups is 1. The average Bonchev–Trinajstić information content (AvgIpc) is 2.72. The van der Waals surface area contributed by atoms with E-state index in [0.29, 0.717) is 24.4 Å². The highest BCUT2D eigenvalue weighted by atomic mass is 31.0. The molecule has 1 saturated heterocycles. The number of rotatable bonds is 2. The normalized spacial score (nSPS) is 19.3. The Hall–Kier alpha value is -1.87. The molecule has 6 heteroatoms. The van der Waals surface area contributed by atoms with Gasteiger partial charge in [0.15, 0.2) is 0 Å². The molecule has 1 aromatic rings. The minimum Gasteiger partial charge on any atom is -0.402 e. The minimum absolute atomic E-state index is 0.219. The lowest BCUT2D eigenvalue weighted by Crippen LogP contribution is -2.48. The van der Waals surface area contributed by atoms with E-state index in [1.54, 1.807) is 4.90 Å². The lowest BCUT2D eigenvalue weighted by molar-refractivity contribution is 0.195. The van der Waals surface area contributed by atoms with Crippen LogP contribution in [0.5, 0.6) is 0 Å². The van der Waals surface area contributed by atoms with E-state index in [-0.39, 0.29) is 6.03 Å². The van der Waals surface area contributed by atoms with Gasteiger partial charge in [-0.15, -0.1) is 9.24 Å². The van der Waals surface area contributed by atoms with Gasteiger partial charge in [0, 0.05) is 17.0 Å². The number of benzene rings is 1. The summed E-state index contributed by atoms with van der Waals surface area (Å²) in [6.07, 6.45) is 0.678. The largest absolute Gasteiger partial charge is 0.402 e. The van der Waals surface area contributed by atoms with Crippen molar-refractivity contribution in [3.8, 4) is 0 Å². The molecular weight excluding hydrogens is 295 g/mol. The Morgan fingerprint density at radius 3 is 2.68 bits per heavy atom. The fraction of sp³-hybridized carbons (Fsp3) is 0.375. The molecule has 1 aromatic carbocycles. The van der Waals surface area contributed by atoms with Gasteiger partial charge in [-0.05, 0) is 31.6 Å². The summed E-state index contributed by atoms with van der Waals surface area (Å²) in [5.74, 6) is 0. The highest BCUT2D eigenvalue weighted by Crippen LogP contribution is 2.31. The molecule has 1 aliphatic heterocycles. The zero-order valence-corrected chi connectivity index (χ0v) is 14.4. The number of carbonyl (C=O) groups excluding carboxylic acids is 1. The van der Waals surface area contributed by atoms with E-state index < -0.39 is 5.54 Å². The van der Waals surface area contributed by atoms with E-state index in [2.05, 4.69) is 14.6 Å². The number of hydrogen-bond acceptors (Lipinski definition) is 3. The number of nitrogens with two attached hydrogens (primary N) is 1. The van der Waals surface area contributed by atoms with Crippen LogP contribution in [0.15, 0.2) is 35.5 Å². The lowest BCUT2D eigenvalue weighted by Gasteiger charge is -2.31. The first-order chi connectivity index (χ1) is 10.3. The van der Waals surface area contributed by atoms with Crippen molar-refractivity contribution < 1.29 is 4.79 Å².